The Morgan fingerprint density at radius 1 is 1.04 bits per heavy atom. The minimum Gasteiger partial charge on any atom is -0.294 e. The van der Waals surface area contributed by atoms with Crippen LogP contribution in [0.3, 0.4) is 0 Å². The SMILES string of the molecule is O=C1CC(c2ccc(F)cc2)Cc2c1cnc1nc(-c3ccncc3)nn21. The quantitative estimate of drug-likeness (QED) is 0.549. The van der Waals surface area contributed by atoms with Gasteiger partial charge in [-0.2, -0.15) is 9.50 Å². The van der Waals surface area contributed by atoms with Crippen molar-refractivity contribution >= 4 is 11.6 Å². The summed E-state index contributed by atoms with van der Waals surface area (Å²) in [6.45, 7) is 0. The summed E-state index contributed by atoms with van der Waals surface area (Å²) >= 11 is 0. The van der Waals surface area contributed by atoms with Crippen molar-refractivity contribution < 1.29 is 9.18 Å². The number of aromatic nitrogens is 5. The number of carbonyl (C=O) groups is 1. The van der Waals surface area contributed by atoms with E-state index in [0.717, 1.165) is 16.8 Å². The Hall–Kier alpha value is -3.48. The number of hydrogen-bond donors (Lipinski definition) is 0. The molecule has 1 aliphatic rings. The minimum atomic E-state index is -0.286. The highest BCUT2D eigenvalue weighted by molar-refractivity contribution is 5.98. The molecule has 0 aliphatic heterocycles. The second-order valence-corrected chi connectivity index (χ2v) is 6.58. The molecular weight excluding hydrogens is 345 g/mol. The number of nitrogens with zero attached hydrogens (tertiary/aromatic N) is 5. The first kappa shape index (κ1) is 15.7. The Balaban J connectivity index is 1.61. The number of fused-ring (bicyclic) bond motifs is 3. The molecule has 0 spiro atoms. The van der Waals surface area contributed by atoms with Gasteiger partial charge in [0.05, 0.1) is 11.3 Å². The summed E-state index contributed by atoms with van der Waals surface area (Å²) in [5.74, 6) is 0.694. The molecule has 3 heterocycles. The topological polar surface area (TPSA) is 73.0 Å². The van der Waals surface area contributed by atoms with E-state index < -0.39 is 0 Å². The number of Topliss-reactive ketones (excluding diaryl/α,β-unsaturated/α-hetero) is 1. The molecule has 0 saturated carbocycles. The standard InChI is InChI=1S/C20H14FN5O/c21-15-3-1-12(2-4-15)14-9-17-16(18(27)10-14)11-23-20-24-19(25-26(17)20)13-5-7-22-8-6-13/h1-8,11,14H,9-10H2. The summed E-state index contributed by atoms with van der Waals surface area (Å²) in [5.41, 5.74) is 3.14. The maximum absolute atomic E-state index is 13.2. The predicted molar refractivity (Wildman–Crippen MR) is 95.8 cm³/mol. The van der Waals surface area contributed by atoms with Crippen LogP contribution < -0.4 is 0 Å². The third kappa shape index (κ3) is 2.68. The summed E-state index contributed by atoms with van der Waals surface area (Å²) in [4.78, 5) is 25.5. The molecule has 5 rings (SSSR count). The van der Waals surface area contributed by atoms with Crippen molar-refractivity contribution in [2.24, 2.45) is 0 Å². The van der Waals surface area contributed by atoms with E-state index >= 15 is 0 Å². The average Bonchev–Trinajstić information content (AvgIpc) is 3.14. The molecule has 1 aliphatic carbocycles. The van der Waals surface area contributed by atoms with Crippen molar-refractivity contribution in [3.8, 4) is 11.4 Å². The maximum Gasteiger partial charge on any atom is 0.252 e. The maximum atomic E-state index is 13.2. The van der Waals surface area contributed by atoms with E-state index in [2.05, 4.69) is 20.1 Å². The molecule has 0 N–H and O–H groups in total. The number of pyridine rings is 1. The van der Waals surface area contributed by atoms with Crippen molar-refractivity contribution in [2.75, 3.05) is 0 Å². The normalized spacial score (nSPS) is 16.5. The fraction of sp³-hybridized carbons (Fsp3) is 0.150. The van der Waals surface area contributed by atoms with Crippen LogP contribution in [0.4, 0.5) is 4.39 Å². The number of carbonyl (C=O) groups excluding carboxylic acids is 1. The van der Waals surface area contributed by atoms with E-state index in [4.69, 9.17) is 0 Å². The molecule has 1 aromatic carbocycles. The van der Waals surface area contributed by atoms with E-state index in [0.29, 0.717) is 30.0 Å². The van der Waals surface area contributed by atoms with Gasteiger partial charge in [0.25, 0.3) is 5.78 Å². The Bertz CT molecular complexity index is 1150. The molecule has 0 fully saturated rings. The average molecular weight is 359 g/mol. The van der Waals surface area contributed by atoms with Crippen molar-refractivity contribution in [2.45, 2.75) is 18.8 Å². The zero-order valence-electron chi connectivity index (χ0n) is 14.2. The highest BCUT2D eigenvalue weighted by Crippen LogP contribution is 2.32. The van der Waals surface area contributed by atoms with Gasteiger partial charge in [-0.3, -0.25) is 9.78 Å². The summed E-state index contributed by atoms with van der Waals surface area (Å²) in [5, 5.41) is 4.58. The van der Waals surface area contributed by atoms with Crippen LogP contribution in [0, 0.1) is 5.82 Å². The molecule has 132 valence electrons. The lowest BCUT2D eigenvalue weighted by Gasteiger charge is -2.23. The molecule has 27 heavy (non-hydrogen) atoms. The molecule has 0 bridgehead atoms. The molecule has 0 amide bonds. The van der Waals surface area contributed by atoms with E-state index in [1.807, 2.05) is 12.1 Å². The summed E-state index contributed by atoms with van der Waals surface area (Å²) in [6.07, 6.45) is 5.93. The lowest BCUT2D eigenvalue weighted by molar-refractivity contribution is 0.0962. The van der Waals surface area contributed by atoms with E-state index in [-0.39, 0.29) is 17.5 Å². The van der Waals surface area contributed by atoms with Gasteiger partial charge in [-0.1, -0.05) is 12.1 Å². The number of halogens is 1. The molecule has 0 saturated heterocycles. The fourth-order valence-electron chi connectivity index (χ4n) is 3.54. The summed E-state index contributed by atoms with van der Waals surface area (Å²) < 4.78 is 14.9. The van der Waals surface area contributed by atoms with Gasteiger partial charge in [0, 0.05) is 30.6 Å². The third-order valence-electron chi connectivity index (χ3n) is 4.92. The van der Waals surface area contributed by atoms with Crippen LogP contribution in [0.5, 0.6) is 0 Å². The second kappa shape index (κ2) is 6.05. The van der Waals surface area contributed by atoms with Crippen LogP contribution in [0.2, 0.25) is 0 Å². The molecule has 7 heteroatoms. The van der Waals surface area contributed by atoms with Crippen molar-refractivity contribution in [1.82, 2.24) is 24.6 Å². The van der Waals surface area contributed by atoms with E-state index in [1.54, 1.807) is 35.2 Å². The van der Waals surface area contributed by atoms with Crippen LogP contribution in [0.1, 0.15) is 34.0 Å². The van der Waals surface area contributed by atoms with Crippen LogP contribution in [0.15, 0.2) is 55.0 Å². The Morgan fingerprint density at radius 2 is 1.81 bits per heavy atom. The molecule has 1 atom stereocenters. The van der Waals surface area contributed by atoms with E-state index in [9.17, 15) is 9.18 Å². The largest absolute Gasteiger partial charge is 0.294 e. The van der Waals surface area contributed by atoms with Gasteiger partial charge in [-0.05, 0) is 42.2 Å². The predicted octanol–water partition coefficient (Wildman–Crippen LogP) is 3.24. The number of benzene rings is 1. The zero-order chi connectivity index (χ0) is 18.4. The third-order valence-corrected chi connectivity index (χ3v) is 4.92. The van der Waals surface area contributed by atoms with Gasteiger partial charge < -0.3 is 0 Å². The first-order chi connectivity index (χ1) is 13.2. The zero-order valence-corrected chi connectivity index (χ0v) is 14.2. The van der Waals surface area contributed by atoms with Gasteiger partial charge in [-0.15, -0.1) is 5.10 Å². The van der Waals surface area contributed by atoms with Crippen LogP contribution in [0.25, 0.3) is 17.2 Å². The minimum absolute atomic E-state index is 0.0148. The Morgan fingerprint density at radius 3 is 2.59 bits per heavy atom. The Kier molecular flexibility index (Phi) is 3.53. The van der Waals surface area contributed by atoms with E-state index in [1.165, 1.54) is 12.1 Å². The molecule has 3 aromatic heterocycles. The second-order valence-electron chi connectivity index (χ2n) is 6.58. The van der Waals surface area contributed by atoms with Gasteiger partial charge in [-0.25, -0.2) is 9.37 Å². The smallest absolute Gasteiger partial charge is 0.252 e. The monoisotopic (exact) mass is 359 g/mol. The van der Waals surface area contributed by atoms with Crippen molar-refractivity contribution in [3.63, 3.8) is 0 Å². The molecule has 6 nitrogen and oxygen atoms in total. The number of hydrogen-bond acceptors (Lipinski definition) is 5. The lowest BCUT2D eigenvalue weighted by Crippen LogP contribution is -2.22. The first-order valence-corrected chi connectivity index (χ1v) is 8.63. The fourth-order valence-corrected chi connectivity index (χ4v) is 3.54. The summed E-state index contributed by atoms with van der Waals surface area (Å²) in [6, 6.07) is 9.98. The highest BCUT2D eigenvalue weighted by Gasteiger charge is 2.29. The first-order valence-electron chi connectivity index (χ1n) is 8.63. The lowest BCUT2D eigenvalue weighted by atomic mass is 9.82. The van der Waals surface area contributed by atoms with Crippen molar-refractivity contribution in [3.05, 3.63) is 77.6 Å². The molecule has 0 radical (unpaired) electrons. The van der Waals surface area contributed by atoms with Crippen LogP contribution >= 0.6 is 0 Å². The number of ketones is 1. The van der Waals surface area contributed by atoms with Gasteiger partial charge in [0.1, 0.15) is 5.82 Å². The molecular formula is C20H14FN5O. The van der Waals surface area contributed by atoms with Crippen molar-refractivity contribution in [1.29, 1.82) is 0 Å². The van der Waals surface area contributed by atoms with Crippen LogP contribution in [-0.4, -0.2) is 30.3 Å². The highest BCUT2D eigenvalue weighted by atomic mass is 19.1. The van der Waals surface area contributed by atoms with Crippen LogP contribution in [-0.2, 0) is 6.42 Å². The summed E-state index contributed by atoms with van der Waals surface area (Å²) in [7, 11) is 0. The van der Waals surface area contributed by atoms with Gasteiger partial charge in [0.2, 0.25) is 0 Å². The van der Waals surface area contributed by atoms with Gasteiger partial charge >= 0.3 is 0 Å². The molecule has 1 unspecified atom stereocenters. The number of rotatable bonds is 2. The molecule has 4 aromatic rings. The Labute approximate surface area is 153 Å². The van der Waals surface area contributed by atoms with Gasteiger partial charge in [0.15, 0.2) is 11.6 Å².